The van der Waals surface area contributed by atoms with Gasteiger partial charge in [-0.05, 0) is 61.3 Å². The molecule has 1 atom stereocenters. The molecule has 0 aliphatic carbocycles. The first-order valence-electron chi connectivity index (χ1n) is 6.75. The molecule has 21 heavy (non-hydrogen) atoms. The lowest BCUT2D eigenvalue weighted by Gasteiger charge is -2.21. The second-order valence-electron chi connectivity index (χ2n) is 5.08. The van der Waals surface area contributed by atoms with Crippen molar-refractivity contribution in [3.8, 4) is 5.75 Å². The number of methoxy groups -OCH3 is 1. The van der Waals surface area contributed by atoms with Gasteiger partial charge in [-0.3, -0.25) is 0 Å². The third-order valence-corrected chi connectivity index (χ3v) is 4.30. The summed E-state index contributed by atoms with van der Waals surface area (Å²) in [5.41, 5.74) is 4.10. The van der Waals surface area contributed by atoms with Crippen LogP contribution >= 0.6 is 15.9 Å². The Morgan fingerprint density at radius 1 is 1.14 bits per heavy atom. The molecule has 0 radical (unpaired) electrons. The zero-order chi connectivity index (χ0) is 15.6. The van der Waals surface area contributed by atoms with Crippen LogP contribution < -0.4 is 10.1 Å². The Balaban J connectivity index is 2.54. The fourth-order valence-electron chi connectivity index (χ4n) is 2.71. The van der Waals surface area contributed by atoms with Crippen LogP contribution in [0.5, 0.6) is 5.75 Å². The lowest BCUT2D eigenvalue weighted by molar-refractivity contribution is 0.408. The van der Waals surface area contributed by atoms with E-state index in [0.29, 0.717) is 0 Å². The number of rotatable bonds is 4. The number of aryl methyl sites for hydroxylation is 2. The van der Waals surface area contributed by atoms with Crippen molar-refractivity contribution in [3.63, 3.8) is 0 Å². The maximum atomic E-state index is 13.6. The quantitative estimate of drug-likeness (QED) is 0.873. The van der Waals surface area contributed by atoms with Crippen LogP contribution in [0.3, 0.4) is 0 Å². The minimum atomic E-state index is -0.240. The maximum absolute atomic E-state index is 13.6. The molecule has 0 aliphatic rings. The van der Waals surface area contributed by atoms with Crippen LogP contribution in [0.15, 0.2) is 34.8 Å². The van der Waals surface area contributed by atoms with E-state index in [1.807, 2.05) is 20.9 Å². The minimum absolute atomic E-state index is 0.0848. The van der Waals surface area contributed by atoms with E-state index in [-0.39, 0.29) is 11.9 Å². The molecule has 2 rings (SSSR count). The molecular weight excluding hydrogens is 333 g/mol. The highest BCUT2D eigenvalue weighted by Crippen LogP contribution is 2.33. The summed E-state index contributed by atoms with van der Waals surface area (Å²) in [5.74, 6) is 0.655. The van der Waals surface area contributed by atoms with Crippen LogP contribution in [-0.2, 0) is 0 Å². The predicted octanol–water partition coefficient (Wildman–Crippen LogP) is 4.52. The minimum Gasteiger partial charge on any atom is -0.496 e. The van der Waals surface area contributed by atoms with E-state index in [1.165, 1.54) is 6.07 Å². The molecule has 0 saturated carbocycles. The molecule has 2 nitrogen and oxygen atoms in total. The Labute approximate surface area is 133 Å². The van der Waals surface area contributed by atoms with E-state index in [2.05, 4.69) is 33.4 Å². The van der Waals surface area contributed by atoms with Crippen LogP contribution in [0.2, 0.25) is 0 Å². The highest BCUT2D eigenvalue weighted by atomic mass is 79.9. The lowest BCUT2D eigenvalue weighted by Crippen LogP contribution is -2.19. The van der Waals surface area contributed by atoms with Gasteiger partial charge >= 0.3 is 0 Å². The molecule has 0 heterocycles. The summed E-state index contributed by atoms with van der Waals surface area (Å²) in [5, 5.41) is 3.26. The number of ether oxygens (including phenoxy) is 1. The van der Waals surface area contributed by atoms with Gasteiger partial charge in [0.1, 0.15) is 11.6 Å². The van der Waals surface area contributed by atoms with Gasteiger partial charge in [0.25, 0.3) is 0 Å². The zero-order valence-electron chi connectivity index (χ0n) is 12.6. The summed E-state index contributed by atoms with van der Waals surface area (Å²) in [7, 11) is 3.55. The molecule has 4 heteroatoms. The molecule has 0 aromatic heterocycles. The van der Waals surface area contributed by atoms with Gasteiger partial charge in [0, 0.05) is 4.47 Å². The highest BCUT2D eigenvalue weighted by Gasteiger charge is 2.18. The van der Waals surface area contributed by atoms with Gasteiger partial charge in [0.2, 0.25) is 0 Å². The second-order valence-corrected chi connectivity index (χ2v) is 5.93. The van der Waals surface area contributed by atoms with Crippen LogP contribution in [0.4, 0.5) is 4.39 Å². The molecule has 0 saturated heterocycles. The highest BCUT2D eigenvalue weighted by molar-refractivity contribution is 9.10. The van der Waals surface area contributed by atoms with Gasteiger partial charge in [-0.15, -0.1) is 0 Å². The van der Waals surface area contributed by atoms with E-state index in [1.54, 1.807) is 19.2 Å². The summed E-state index contributed by atoms with van der Waals surface area (Å²) in [6.07, 6.45) is 0. The normalized spacial score (nSPS) is 12.3. The van der Waals surface area contributed by atoms with E-state index >= 15 is 0 Å². The van der Waals surface area contributed by atoms with Gasteiger partial charge in [0.05, 0.1) is 13.2 Å². The van der Waals surface area contributed by atoms with Crippen molar-refractivity contribution in [2.24, 2.45) is 0 Å². The summed E-state index contributed by atoms with van der Waals surface area (Å²) >= 11 is 3.50. The molecule has 0 fully saturated rings. The van der Waals surface area contributed by atoms with Crippen molar-refractivity contribution >= 4 is 15.9 Å². The van der Waals surface area contributed by atoms with E-state index in [9.17, 15) is 4.39 Å². The maximum Gasteiger partial charge on any atom is 0.124 e. The van der Waals surface area contributed by atoms with Crippen LogP contribution in [0.25, 0.3) is 0 Å². The molecule has 1 unspecified atom stereocenters. The number of hydrogen-bond donors (Lipinski definition) is 1. The number of hydrogen-bond acceptors (Lipinski definition) is 2. The summed E-state index contributed by atoms with van der Waals surface area (Å²) < 4.78 is 19.9. The summed E-state index contributed by atoms with van der Waals surface area (Å²) in [6.45, 7) is 4.03. The SMILES string of the molecule is CNC(c1cc(C)c(OC)c(C)c1)c1cc(F)ccc1Br. The molecule has 0 spiro atoms. The molecular formula is C17H19BrFNO. The first-order valence-corrected chi connectivity index (χ1v) is 7.54. The molecule has 2 aromatic rings. The molecule has 112 valence electrons. The fraction of sp³-hybridized carbons (Fsp3) is 0.294. The molecule has 0 bridgehead atoms. The van der Waals surface area contributed by atoms with Gasteiger partial charge in [-0.1, -0.05) is 28.1 Å². The number of benzene rings is 2. The van der Waals surface area contributed by atoms with Crippen molar-refractivity contribution in [1.82, 2.24) is 5.32 Å². The predicted molar refractivity (Wildman–Crippen MR) is 87.5 cm³/mol. The van der Waals surface area contributed by atoms with Crippen molar-refractivity contribution in [2.45, 2.75) is 19.9 Å². The molecule has 1 N–H and O–H groups in total. The third kappa shape index (κ3) is 3.27. The van der Waals surface area contributed by atoms with Crippen molar-refractivity contribution in [1.29, 1.82) is 0 Å². The van der Waals surface area contributed by atoms with Crippen molar-refractivity contribution in [2.75, 3.05) is 14.2 Å². The lowest BCUT2D eigenvalue weighted by atomic mass is 9.95. The molecule has 0 amide bonds. The molecule has 0 aliphatic heterocycles. The summed E-state index contributed by atoms with van der Waals surface area (Å²) in [4.78, 5) is 0. The van der Waals surface area contributed by atoms with E-state index < -0.39 is 0 Å². The van der Waals surface area contributed by atoms with Crippen LogP contribution in [-0.4, -0.2) is 14.2 Å². The van der Waals surface area contributed by atoms with Gasteiger partial charge in [-0.2, -0.15) is 0 Å². The first kappa shape index (κ1) is 16.0. The van der Waals surface area contributed by atoms with Crippen LogP contribution in [0, 0.1) is 19.7 Å². The van der Waals surface area contributed by atoms with E-state index in [4.69, 9.17) is 4.74 Å². The Morgan fingerprint density at radius 2 is 1.76 bits per heavy atom. The van der Waals surface area contributed by atoms with Gasteiger partial charge in [-0.25, -0.2) is 4.39 Å². The fourth-order valence-corrected chi connectivity index (χ4v) is 3.19. The summed E-state index contributed by atoms with van der Waals surface area (Å²) in [6, 6.07) is 8.80. The number of nitrogens with one attached hydrogen (secondary N) is 1. The van der Waals surface area contributed by atoms with Crippen LogP contribution in [0.1, 0.15) is 28.3 Å². The largest absolute Gasteiger partial charge is 0.496 e. The Bertz CT molecular complexity index is 634. The average molecular weight is 352 g/mol. The molecule has 2 aromatic carbocycles. The standard InChI is InChI=1S/C17H19BrFNO/c1-10-7-12(8-11(2)17(10)21-4)16(20-3)14-9-13(19)5-6-15(14)18/h5-9,16,20H,1-4H3. The van der Waals surface area contributed by atoms with E-state index in [0.717, 1.165) is 32.5 Å². The Morgan fingerprint density at radius 3 is 2.29 bits per heavy atom. The van der Waals surface area contributed by atoms with Gasteiger partial charge in [0.15, 0.2) is 0 Å². The van der Waals surface area contributed by atoms with Crippen molar-refractivity contribution < 1.29 is 9.13 Å². The van der Waals surface area contributed by atoms with Crippen molar-refractivity contribution in [3.05, 3.63) is 62.9 Å². The topological polar surface area (TPSA) is 21.3 Å². The van der Waals surface area contributed by atoms with Gasteiger partial charge < -0.3 is 10.1 Å². The third-order valence-electron chi connectivity index (χ3n) is 3.58. The Kier molecular flexibility index (Phi) is 5.01. The smallest absolute Gasteiger partial charge is 0.124 e. The monoisotopic (exact) mass is 351 g/mol. The zero-order valence-corrected chi connectivity index (χ0v) is 14.2. The first-order chi connectivity index (χ1) is 9.97. The Hall–Kier alpha value is -1.39. The second kappa shape index (κ2) is 6.58. The average Bonchev–Trinajstić information content (AvgIpc) is 2.43. The number of halogens is 2.